The number of hydrogen-bond acceptors (Lipinski definition) is 4. The zero-order valence-electron chi connectivity index (χ0n) is 16.6. The number of rotatable bonds is 8. The summed E-state index contributed by atoms with van der Waals surface area (Å²) in [6.07, 6.45) is 0. The minimum atomic E-state index is 0.0912. The first-order chi connectivity index (χ1) is 14.3. The van der Waals surface area contributed by atoms with E-state index in [4.69, 9.17) is 14.2 Å². The van der Waals surface area contributed by atoms with Gasteiger partial charge in [0.15, 0.2) is 18.0 Å². The van der Waals surface area contributed by atoms with Crippen molar-refractivity contribution in [2.45, 2.75) is 6.54 Å². The van der Waals surface area contributed by atoms with Gasteiger partial charge in [-0.2, -0.15) is 0 Å². The van der Waals surface area contributed by atoms with Crippen molar-refractivity contribution in [3.8, 4) is 17.2 Å². The number of para-hydroxylation sites is 1. The maximum absolute atomic E-state index is 12.3. The van der Waals surface area contributed by atoms with Crippen molar-refractivity contribution in [1.82, 2.24) is 5.32 Å². The van der Waals surface area contributed by atoms with Crippen LogP contribution in [0.2, 0.25) is 0 Å². The number of quaternary nitrogens is 2. The average Bonchev–Trinajstić information content (AvgIpc) is 3.22. The van der Waals surface area contributed by atoms with Crippen molar-refractivity contribution in [1.29, 1.82) is 0 Å². The van der Waals surface area contributed by atoms with Crippen molar-refractivity contribution in [2.75, 3.05) is 52.7 Å². The van der Waals surface area contributed by atoms with Crippen LogP contribution in [0.3, 0.4) is 0 Å². The molecule has 0 aromatic heterocycles. The van der Waals surface area contributed by atoms with Gasteiger partial charge in [0, 0.05) is 6.54 Å². The van der Waals surface area contributed by atoms with E-state index in [0.717, 1.165) is 62.1 Å². The molecule has 4 rings (SSSR count). The highest BCUT2D eigenvalue weighted by molar-refractivity contribution is 5.76. The lowest BCUT2D eigenvalue weighted by molar-refractivity contribution is -1.01. The Morgan fingerprint density at radius 2 is 1.72 bits per heavy atom. The summed E-state index contributed by atoms with van der Waals surface area (Å²) in [6.45, 7) is 7.20. The Bertz CT molecular complexity index is 807. The largest absolute Gasteiger partial charge is 0.488 e. The molecule has 2 aliphatic rings. The predicted molar refractivity (Wildman–Crippen MR) is 107 cm³/mol. The predicted octanol–water partition coefficient (Wildman–Crippen LogP) is -1.11. The normalized spacial score (nSPS) is 20.3. The molecule has 29 heavy (non-hydrogen) atoms. The smallest absolute Gasteiger partial charge is 0.275 e. The summed E-state index contributed by atoms with van der Waals surface area (Å²) in [5.41, 5.74) is 1.02. The maximum atomic E-state index is 12.3. The highest BCUT2D eigenvalue weighted by Crippen LogP contribution is 2.32. The lowest BCUT2D eigenvalue weighted by Crippen LogP contribution is -3.28. The van der Waals surface area contributed by atoms with Crippen LogP contribution in [0.4, 0.5) is 0 Å². The van der Waals surface area contributed by atoms with E-state index in [1.54, 1.807) is 4.90 Å². The van der Waals surface area contributed by atoms with Crippen LogP contribution in [0.1, 0.15) is 5.56 Å². The summed E-state index contributed by atoms with van der Waals surface area (Å²) >= 11 is 0. The van der Waals surface area contributed by atoms with Crippen LogP contribution in [0.15, 0.2) is 48.5 Å². The molecule has 3 N–H and O–H groups in total. The molecule has 0 unspecified atom stereocenters. The second-order valence-corrected chi connectivity index (χ2v) is 7.55. The number of carbonyl (C=O) groups excluding carboxylic acids is 1. The molecule has 2 aromatic carbocycles. The molecule has 0 saturated carbocycles. The van der Waals surface area contributed by atoms with E-state index in [1.165, 1.54) is 4.90 Å². The minimum absolute atomic E-state index is 0.0912. The molecule has 2 aliphatic heterocycles. The molecule has 7 heteroatoms. The number of amides is 1. The zero-order chi connectivity index (χ0) is 19.9. The number of fused-ring (bicyclic) bond motifs is 1. The summed E-state index contributed by atoms with van der Waals surface area (Å²) in [5, 5.41) is 3.02. The molecule has 1 saturated heterocycles. The molecule has 0 atom stereocenters. The molecular weight excluding hydrogens is 370 g/mol. The Morgan fingerprint density at radius 3 is 2.55 bits per heavy atom. The SMILES string of the molecule is O=C(C[NH+]1CC[NH+](CCOc2ccccc2)CC1)NCc1ccc2c(c1)OCO2. The molecule has 7 nitrogen and oxygen atoms in total. The molecule has 0 radical (unpaired) electrons. The first kappa shape index (κ1) is 19.5. The summed E-state index contributed by atoms with van der Waals surface area (Å²) < 4.78 is 16.5. The number of carbonyl (C=O) groups is 1. The highest BCUT2D eigenvalue weighted by Gasteiger charge is 2.24. The van der Waals surface area contributed by atoms with Gasteiger partial charge >= 0.3 is 0 Å². The molecule has 154 valence electrons. The summed E-state index contributed by atoms with van der Waals surface area (Å²) in [7, 11) is 0. The first-order valence-electron chi connectivity index (χ1n) is 10.3. The van der Waals surface area contributed by atoms with Crippen LogP contribution in [0, 0.1) is 0 Å². The second-order valence-electron chi connectivity index (χ2n) is 7.55. The summed E-state index contributed by atoms with van der Waals surface area (Å²) in [6, 6.07) is 15.7. The van der Waals surface area contributed by atoms with Crippen molar-refractivity contribution < 1.29 is 28.8 Å². The molecule has 0 aliphatic carbocycles. The van der Waals surface area contributed by atoms with E-state index in [2.05, 4.69) is 5.32 Å². The van der Waals surface area contributed by atoms with Gasteiger partial charge < -0.3 is 29.3 Å². The fourth-order valence-corrected chi connectivity index (χ4v) is 3.75. The lowest BCUT2D eigenvalue weighted by Gasteiger charge is -2.29. The maximum Gasteiger partial charge on any atom is 0.275 e. The van der Waals surface area contributed by atoms with E-state index in [0.29, 0.717) is 13.1 Å². The number of ether oxygens (including phenoxy) is 3. The minimum Gasteiger partial charge on any atom is -0.488 e. The van der Waals surface area contributed by atoms with Crippen LogP contribution < -0.4 is 29.3 Å². The molecule has 0 spiro atoms. The molecule has 0 bridgehead atoms. The van der Waals surface area contributed by atoms with E-state index in [1.807, 2.05) is 48.5 Å². The van der Waals surface area contributed by atoms with Crippen LogP contribution >= 0.6 is 0 Å². The van der Waals surface area contributed by atoms with E-state index >= 15 is 0 Å². The standard InChI is InChI=1S/C22H27N3O4/c26-22(23-15-18-6-7-20-21(14-18)29-17-28-20)16-25-10-8-24(9-11-25)12-13-27-19-4-2-1-3-5-19/h1-7,14H,8-13,15-17H2,(H,23,26)/p+2. The fraction of sp³-hybridized carbons (Fsp3) is 0.409. The van der Waals surface area contributed by atoms with Crippen LogP contribution in [-0.4, -0.2) is 58.6 Å². The Balaban J connectivity index is 1.12. The molecular formula is C22H29N3O4+2. The number of nitrogens with one attached hydrogen (secondary N) is 3. The van der Waals surface area contributed by atoms with Gasteiger partial charge in [-0.15, -0.1) is 0 Å². The van der Waals surface area contributed by atoms with Gasteiger partial charge in [0.2, 0.25) is 6.79 Å². The molecule has 1 amide bonds. The zero-order valence-corrected chi connectivity index (χ0v) is 16.6. The third kappa shape index (κ3) is 5.62. The van der Waals surface area contributed by atoms with Gasteiger partial charge in [-0.3, -0.25) is 4.79 Å². The molecule has 2 aromatic rings. The summed E-state index contributed by atoms with van der Waals surface area (Å²) in [5.74, 6) is 2.53. The third-order valence-corrected chi connectivity index (χ3v) is 5.47. The van der Waals surface area contributed by atoms with Gasteiger partial charge in [0.25, 0.3) is 5.91 Å². The Morgan fingerprint density at radius 1 is 0.966 bits per heavy atom. The van der Waals surface area contributed by atoms with E-state index in [-0.39, 0.29) is 12.7 Å². The van der Waals surface area contributed by atoms with Crippen molar-refractivity contribution in [3.05, 3.63) is 54.1 Å². The monoisotopic (exact) mass is 399 g/mol. The van der Waals surface area contributed by atoms with Crippen LogP contribution in [0.5, 0.6) is 17.2 Å². The van der Waals surface area contributed by atoms with Crippen molar-refractivity contribution in [2.24, 2.45) is 0 Å². The fourth-order valence-electron chi connectivity index (χ4n) is 3.75. The number of hydrogen-bond donors (Lipinski definition) is 3. The second kappa shape index (κ2) is 9.62. The van der Waals surface area contributed by atoms with Crippen molar-refractivity contribution >= 4 is 5.91 Å². The first-order valence-corrected chi connectivity index (χ1v) is 10.3. The van der Waals surface area contributed by atoms with Crippen LogP contribution in [-0.2, 0) is 11.3 Å². The van der Waals surface area contributed by atoms with Crippen molar-refractivity contribution in [3.63, 3.8) is 0 Å². The molecule has 2 heterocycles. The van der Waals surface area contributed by atoms with Gasteiger partial charge in [-0.25, -0.2) is 0 Å². The summed E-state index contributed by atoms with van der Waals surface area (Å²) in [4.78, 5) is 15.2. The van der Waals surface area contributed by atoms with Gasteiger partial charge in [0.05, 0.1) is 0 Å². The van der Waals surface area contributed by atoms with Gasteiger partial charge in [-0.05, 0) is 29.8 Å². The lowest BCUT2D eigenvalue weighted by atomic mass is 10.2. The van der Waals surface area contributed by atoms with E-state index in [9.17, 15) is 4.79 Å². The quantitative estimate of drug-likeness (QED) is 0.527. The highest BCUT2D eigenvalue weighted by atomic mass is 16.7. The molecule has 1 fully saturated rings. The Kier molecular flexibility index (Phi) is 6.49. The van der Waals surface area contributed by atoms with Gasteiger partial charge in [0.1, 0.15) is 45.1 Å². The average molecular weight is 399 g/mol. The Labute approximate surface area is 171 Å². The third-order valence-electron chi connectivity index (χ3n) is 5.47. The van der Waals surface area contributed by atoms with Crippen LogP contribution in [0.25, 0.3) is 0 Å². The number of benzene rings is 2. The van der Waals surface area contributed by atoms with Gasteiger partial charge in [-0.1, -0.05) is 24.3 Å². The van der Waals surface area contributed by atoms with E-state index < -0.39 is 0 Å². The number of piperazine rings is 1. The topological polar surface area (TPSA) is 65.7 Å². The Hall–Kier alpha value is -2.77.